The molecule has 0 aliphatic carbocycles. The van der Waals surface area contributed by atoms with Crippen LogP contribution in [-0.2, 0) is 51.6 Å². The molecule has 4 aromatic carbocycles. The van der Waals surface area contributed by atoms with Gasteiger partial charge < -0.3 is 46.3 Å². The topological polar surface area (TPSA) is 335 Å². The van der Waals surface area contributed by atoms with Crippen molar-refractivity contribution in [1.29, 1.82) is 0 Å². The average molecular weight is 1130 g/mol. The first-order valence-electron chi connectivity index (χ1n) is 26.9. The fraction of sp³-hybridized carbons (Fsp3) is 0.368. The predicted octanol–water partition coefficient (Wildman–Crippen LogP) is 3.27. The van der Waals surface area contributed by atoms with Crippen molar-refractivity contribution in [2.45, 2.75) is 113 Å². The molecule has 424 valence electrons. The summed E-state index contributed by atoms with van der Waals surface area (Å²) in [6.07, 6.45) is 3.28. The summed E-state index contributed by atoms with van der Waals surface area (Å²) in [7, 11) is -3.50. The molecule has 1 unspecified atom stereocenters. The molecular weight excluding hydrogens is 1060 g/mol. The Morgan fingerprint density at radius 2 is 1.51 bits per heavy atom. The summed E-state index contributed by atoms with van der Waals surface area (Å²) in [6, 6.07) is 23.3. The number of piperidine rings is 1. The van der Waals surface area contributed by atoms with Crippen LogP contribution in [0.25, 0.3) is 21.9 Å². The van der Waals surface area contributed by atoms with E-state index in [1.165, 1.54) is 43.2 Å². The molecule has 0 radical (unpaired) electrons. The van der Waals surface area contributed by atoms with Crippen LogP contribution in [-0.4, -0.2) is 124 Å². The van der Waals surface area contributed by atoms with Crippen LogP contribution >= 0.6 is 7.60 Å². The second-order valence-electron chi connectivity index (χ2n) is 20.9. The number of aromatic nitrogens is 3. The smallest absolute Gasteiger partial charge is 0.370 e. The first-order chi connectivity index (χ1) is 38.7. The van der Waals surface area contributed by atoms with E-state index in [0.29, 0.717) is 48.7 Å². The highest BCUT2D eigenvalue weighted by Crippen LogP contribution is 2.39. The van der Waals surface area contributed by atoms with E-state index in [0.717, 1.165) is 16.7 Å². The summed E-state index contributed by atoms with van der Waals surface area (Å²) < 4.78 is 14.6. The summed E-state index contributed by atoms with van der Waals surface area (Å²) in [5.74, 6) is -4.59. The molecule has 6 aromatic rings. The Morgan fingerprint density at radius 3 is 2.19 bits per heavy atom. The molecule has 3 aliphatic heterocycles. The second-order valence-corrected chi connectivity index (χ2v) is 22.4. The van der Waals surface area contributed by atoms with Crippen molar-refractivity contribution in [1.82, 2.24) is 45.2 Å². The molecule has 5 atom stereocenters. The van der Waals surface area contributed by atoms with Crippen molar-refractivity contribution < 1.29 is 57.5 Å². The summed E-state index contributed by atoms with van der Waals surface area (Å²) in [5, 5.41) is 11.2. The van der Waals surface area contributed by atoms with Crippen molar-refractivity contribution in [3.63, 3.8) is 0 Å². The largest absolute Gasteiger partial charge is 0.396 e. The van der Waals surface area contributed by atoms with Crippen LogP contribution < -0.4 is 32.7 Å². The van der Waals surface area contributed by atoms with Gasteiger partial charge in [0.15, 0.2) is 0 Å². The number of aryl methyl sites for hydroxylation is 2. The van der Waals surface area contributed by atoms with Gasteiger partial charge in [-0.25, -0.2) is 4.79 Å². The first-order valence-corrected chi connectivity index (χ1v) is 28.5. The Labute approximate surface area is 464 Å². The molecule has 2 aromatic heterocycles. The van der Waals surface area contributed by atoms with Gasteiger partial charge in [0.25, 0.3) is 11.4 Å². The van der Waals surface area contributed by atoms with Crippen molar-refractivity contribution >= 4 is 82.3 Å². The van der Waals surface area contributed by atoms with Crippen molar-refractivity contribution in [3.8, 4) is 0 Å². The third-order valence-corrected chi connectivity index (χ3v) is 16.2. The standard InChI is InChI=1S/C57H63N10O13P/c1-64-46-29-33(17-22-43(46)67(57(64)77)45-24-26-48(69)62-54(45)74)11-5-2-10-16-49(70)65-28-27-38-19-23-44(53(73)60-40(21-25-47(58)68)51(71)63-50(34-12-6-3-7-13-34)35-14-8-4-9-15-35)66(38)55(75)42(32-65)61-52(72)41-31-37-30-36(18-20-39(37)59-41)56(76)81(78,79)80/h3-4,6-9,12-15,17-18,20,22,29-31,38,40,42,44-45,50,59H,2,5,10-11,16,19,21,23-28,32H2,1H3,(H2,58,68)(H,60,73)(H,61,72)(H,63,71)(H,62,69,74)(H2,78,79,80)/t38-,40+,42+,44+,45?/m1/s1. The molecule has 23 nitrogen and oxygen atoms in total. The van der Waals surface area contributed by atoms with E-state index in [9.17, 15) is 57.5 Å². The Hall–Kier alpha value is -8.53. The number of H-pyrrole nitrogens is 1. The van der Waals surface area contributed by atoms with Gasteiger partial charge in [0, 0.05) is 61.9 Å². The lowest BCUT2D eigenvalue weighted by Gasteiger charge is -2.39. The number of nitrogens with two attached hydrogens (primary N) is 1. The SMILES string of the molecule is Cn1c(=O)n(C2CCC(=O)NC2=O)c2ccc(CCCCCC(=O)N3CC[C@H]4CC[C@@H](C(=O)N[C@@H](CCC(N)=O)C(=O)NC(c5ccccc5)c5ccccc5)N4C(=O)[C@@H](NC(=O)c4cc5cc(C(=O)P(=O)(O)O)ccc5[nH]4)C3)cc21. The van der Waals surface area contributed by atoms with E-state index in [-0.39, 0.29) is 92.2 Å². The van der Waals surface area contributed by atoms with E-state index in [1.54, 1.807) is 13.1 Å². The lowest BCUT2D eigenvalue weighted by atomic mass is 9.98. The minimum atomic E-state index is -5.13. The Bertz CT molecular complexity index is 3520. The summed E-state index contributed by atoms with van der Waals surface area (Å²) in [6.45, 7) is -0.110. The fourth-order valence-corrected chi connectivity index (χ4v) is 11.7. The molecular formula is C57H63N10O13P. The van der Waals surface area contributed by atoms with Gasteiger partial charge in [-0.3, -0.25) is 62.2 Å². The van der Waals surface area contributed by atoms with Gasteiger partial charge in [0.05, 0.1) is 17.1 Å². The van der Waals surface area contributed by atoms with Gasteiger partial charge in [0.2, 0.25) is 41.4 Å². The van der Waals surface area contributed by atoms with E-state index in [4.69, 9.17) is 5.73 Å². The van der Waals surface area contributed by atoms with Crippen LogP contribution in [0.3, 0.4) is 0 Å². The van der Waals surface area contributed by atoms with E-state index in [1.807, 2.05) is 72.8 Å². The number of carbonyl (C=O) groups excluding carboxylic acids is 9. The fourth-order valence-electron chi connectivity index (χ4n) is 11.2. The molecule has 81 heavy (non-hydrogen) atoms. The molecule has 0 saturated carbocycles. The Morgan fingerprint density at radius 1 is 0.790 bits per heavy atom. The second kappa shape index (κ2) is 24.5. The molecule has 5 heterocycles. The first kappa shape index (κ1) is 57.2. The number of carbonyl (C=O) groups is 9. The average Bonchev–Trinajstić information content (AvgIpc) is 3.95. The van der Waals surface area contributed by atoms with E-state index < -0.39 is 84.8 Å². The van der Waals surface area contributed by atoms with Gasteiger partial charge in [-0.2, -0.15) is 0 Å². The number of hydrogen-bond donors (Lipinski definition) is 8. The maximum Gasteiger partial charge on any atom is 0.396 e. The highest BCUT2D eigenvalue weighted by Gasteiger charge is 2.46. The minimum Gasteiger partial charge on any atom is -0.370 e. The summed E-state index contributed by atoms with van der Waals surface area (Å²) in [5.41, 5.74) is 7.41. The molecule has 0 bridgehead atoms. The van der Waals surface area contributed by atoms with E-state index >= 15 is 4.79 Å². The summed E-state index contributed by atoms with van der Waals surface area (Å²) in [4.78, 5) is 159. The number of unbranched alkanes of at least 4 members (excludes halogenated alkanes) is 2. The van der Waals surface area contributed by atoms with Crippen LogP contribution in [0.4, 0.5) is 0 Å². The Kier molecular flexibility index (Phi) is 17.3. The maximum atomic E-state index is 15.1. The van der Waals surface area contributed by atoms with Gasteiger partial charge in [-0.1, -0.05) is 73.2 Å². The number of benzene rings is 4. The molecule has 3 aliphatic rings. The number of hydrogen-bond acceptors (Lipinski definition) is 11. The van der Waals surface area contributed by atoms with Gasteiger partial charge in [-0.15, -0.1) is 0 Å². The van der Waals surface area contributed by atoms with Gasteiger partial charge in [-0.05, 0) is 104 Å². The van der Waals surface area contributed by atoms with Crippen molar-refractivity contribution in [2.75, 3.05) is 13.1 Å². The molecule has 9 N–H and O–H groups in total. The Balaban J connectivity index is 0.903. The molecule has 8 amide bonds. The number of aromatic amines is 1. The van der Waals surface area contributed by atoms with Crippen LogP contribution in [0.5, 0.6) is 0 Å². The highest BCUT2D eigenvalue weighted by atomic mass is 31.2. The number of rotatable bonds is 20. The van der Waals surface area contributed by atoms with Crippen molar-refractivity contribution in [2.24, 2.45) is 12.8 Å². The zero-order chi connectivity index (χ0) is 57.7. The van der Waals surface area contributed by atoms with E-state index in [2.05, 4.69) is 26.3 Å². The normalized spacial score (nSPS) is 18.9. The molecule has 3 saturated heterocycles. The molecule has 3 fully saturated rings. The maximum absolute atomic E-state index is 15.1. The molecule has 0 spiro atoms. The lowest BCUT2D eigenvalue weighted by molar-refractivity contribution is -0.145. The minimum absolute atomic E-state index is 0.0772. The number of primary amides is 1. The third-order valence-electron chi connectivity index (χ3n) is 15.4. The number of fused-ring (bicyclic) bond motifs is 3. The van der Waals surface area contributed by atoms with Crippen LogP contribution in [0.2, 0.25) is 0 Å². The zero-order valence-electron chi connectivity index (χ0n) is 44.4. The highest BCUT2D eigenvalue weighted by molar-refractivity contribution is 7.70. The van der Waals surface area contributed by atoms with Crippen LogP contribution in [0.15, 0.2) is 108 Å². The van der Waals surface area contributed by atoms with Crippen molar-refractivity contribution in [3.05, 3.63) is 142 Å². The monoisotopic (exact) mass is 1130 g/mol. The number of imidazole rings is 1. The molecule has 24 heteroatoms. The third kappa shape index (κ3) is 12.9. The van der Waals surface area contributed by atoms with Gasteiger partial charge >= 0.3 is 13.3 Å². The van der Waals surface area contributed by atoms with Crippen LogP contribution in [0.1, 0.15) is 120 Å². The lowest BCUT2D eigenvalue weighted by Crippen LogP contribution is -2.62. The number of nitrogens with one attached hydrogen (secondary N) is 5. The summed E-state index contributed by atoms with van der Waals surface area (Å²) >= 11 is 0. The number of imide groups is 1. The van der Waals surface area contributed by atoms with Crippen LogP contribution in [0, 0.1) is 0 Å². The quantitative estimate of drug-likeness (QED) is 0.0310. The predicted molar refractivity (Wildman–Crippen MR) is 295 cm³/mol. The zero-order valence-corrected chi connectivity index (χ0v) is 45.3. The van der Waals surface area contributed by atoms with Gasteiger partial charge in [0.1, 0.15) is 29.9 Å². The number of nitrogens with zero attached hydrogens (tertiary/aromatic N) is 4. The molecule has 9 rings (SSSR count). The number of amides is 8.